The molecule has 1 aromatic carbocycles. The van der Waals surface area contributed by atoms with Crippen molar-refractivity contribution in [2.75, 3.05) is 13.1 Å². The second-order valence-electron chi connectivity index (χ2n) is 10.4. The Labute approximate surface area is 217 Å². The van der Waals surface area contributed by atoms with Crippen LogP contribution in [0.15, 0.2) is 29.2 Å². The van der Waals surface area contributed by atoms with Crippen LogP contribution in [0.1, 0.15) is 70.6 Å². The Morgan fingerprint density at radius 3 is 2.14 bits per heavy atom. The standard InChI is InChI=1S/C26H36FN3O6S/c27-20-11-13-21(14-12-20)37(35,36)30-16-15-29(26(34)19-9-5-2-6-10-19)25(30)24(33)28-22(17-23(31)32)18-7-3-1-4-8-18/h11-14,18-19,22,25H,1-10,15-17H2,(H,28,33)(H,31,32). The third-order valence-corrected chi connectivity index (χ3v) is 9.83. The lowest BCUT2D eigenvalue weighted by atomic mass is 9.82. The van der Waals surface area contributed by atoms with E-state index in [0.717, 1.165) is 79.9 Å². The van der Waals surface area contributed by atoms with Gasteiger partial charge in [0.05, 0.1) is 11.3 Å². The van der Waals surface area contributed by atoms with Crippen LogP contribution in [0.5, 0.6) is 0 Å². The van der Waals surface area contributed by atoms with Crippen LogP contribution in [-0.4, -0.2) is 65.8 Å². The van der Waals surface area contributed by atoms with E-state index in [4.69, 9.17) is 0 Å². The molecule has 9 nitrogen and oxygen atoms in total. The summed E-state index contributed by atoms with van der Waals surface area (Å²) in [6.07, 6.45) is 7.04. The van der Waals surface area contributed by atoms with Crippen molar-refractivity contribution in [3.63, 3.8) is 0 Å². The zero-order valence-corrected chi connectivity index (χ0v) is 21.8. The minimum Gasteiger partial charge on any atom is -0.481 e. The number of hydrogen-bond acceptors (Lipinski definition) is 5. The number of carbonyl (C=O) groups excluding carboxylic acids is 2. The van der Waals surface area contributed by atoms with Gasteiger partial charge < -0.3 is 15.3 Å². The number of rotatable bonds is 8. The maximum atomic E-state index is 13.8. The van der Waals surface area contributed by atoms with E-state index in [0.29, 0.717) is 12.8 Å². The van der Waals surface area contributed by atoms with Crippen molar-refractivity contribution >= 4 is 27.8 Å². The molecule has 2 amide bonds. The second-order valence-corrected chi connectivity index (χ2v) is 12.3. The molecule has 3 aliphatic rings. The second kappa shape index (κ2) is 11.9. The number of carboxylic acid groups (broad SMARTS) is 1. The highest BCUT2D eigenvalue weighted by Gasteiger charge is 2.48. The normalized spacial score (nSPS) is 23.1. The van der Waals surface area contributed by atoms with Gasteiger partial charge in [-0.15, -0.1) is 0 Å². The van der Waals surface area contributed by atoms with Gasteiger partial charge in [-0.2, -0.15) is 4.31 Å². The highest BCUT2D eigenvalue weighted by Crippen LogP contribution is 2.32. The first-order valence-corrected chi connectivity index (χ1v) is 14.7. The summed E-state index contributed by atoms with van der Waals surface area (Å²) in [5.41, 5.74) is 0. The molecular weight excluding hydrogens is 501 g/mol. The van der Waals surface area contributed by atoms with E-state index < -0.39 is 39.9 Å². The summed E-state index contributed by atoms with van der Waals surface area (Å²) in [5, 5.41) is 12.3. The van der Waals surface area contributed by atoms with Crippen molar-refractivity contribution in [1.82, 2.24) is 14.5 Å². The molecule has 0 radical (unpaired) electrons. The zero-order valence-electron chi connectivity index (χ0n) is 21.0. The van der Waals surface area contributed by atoms with Gasteiger partial charge in [-0.1, -0.05) is 38.5 Å². The molecule has 11 heteroatoms. The third-order valence-electron chi connectivity index (χ3n) is 7.96. The van der Waals surface area contributed by atoms with E-state index in [1.165, 1.54) is 4.90 Å². The molecule has 0 spiro atoms. The molecular formula is C26H36FN3O6S. The first-order chi connectivity index (χ1) is 17.7. The fraction of sp³-hybridized carbons (Fsp3) is 0.654. The fourth-order valence-electron chi connectivity index (χ4n) is 6.00. The first-order valence-electron chi connectivity index (χ1n) is 13.3. The Morgan fingerprint density at radius 1 is 0.946 bits per heavy atom. The Kier molecular flexibility index (Phi) is 8.84. The molecule has 0 bridgehead atoms. The number of carboxylic acids is 1. The van der Waals surface area contributed by atoms with Crippen LogP contribution in [0.2, 0.25) is 0 Å². The van der Waals surface area contributed by atoms with E-state index in [2.05, 4.69) is 5.32 Å². The van der Waals surface area contributed by atoms with Crippen LogP contribution in [0.3, 0.4) is 0 Å². The molecule has 204 valence electrons. The number of nitrogens with zero attached hydrogens (tertiary/aromatic N) is 2. The molecule has 3 fully saturated rings. The van der Waals surface area contributed by atoms with Gasteiger partial charge in [0.1, 0.15) is 5.82 Å². The van der Waals surface area contributed by atoms with E-state index in [9.17, 15) is 32.3 Å². The summed E-state index contributed by atoms with van der Waals surface area (Å²) in [6, 6.07) is 3.69. The molecule has 1 aliphatic heterocycles. The van der Waals surface area contributed by atoms with Gasteiger partial charge in [-0.25, -0.2) is 12.8 Å². The maximum Gasteiger partial charge on any atom is 0.305 e. The van der Waals surface area contributed by atoms with Gasteiger partial charge in [-0.3, -0.25) is 14.4 Å². The monoisotopic (exact) mass is 537 g/mol. The molecule has 4 rings (SSSR count). The van der Waals surface area contributed by atoms with Gasteiger partial charge >= 0.3 is 5.97 Å². The summed E-state index contributed by atoms with van der Waals surface area (Å²) < 4.78 is 41.6. The molecule has 1 aromatic rings. The van der Waals surface area contributed by atoms with Crippen molar-refractivity contribution < 1.29 is 32.3 Å². The van der Waals surface area contributed by atoms with Crippen molar-refractivity contribution in [3.05, 3.63) is 30.1 Å². The first kappa shape index (κ1) is 27.5. The molecule has 1 heterocycles. The van der Waals surface area contributed by atoms with Gasteiger partial charge in [0.25, 0.3) is 5.91 Å². The van der Waals surface area contributed by atoms with Gasteiger partial charge in [-0.05, 0) is 55.9 Å². The number of benzene rings is 1. The van der Waals surface area contributed by atoms with Crippen molar-refractivity contribution in [2.45, 2.75) is 87.7 Å². The summed E-state index contributed by atoms with van der Waals surface area (Å²) in [5.74, 6) is -2.88. The summed E-state index contributed by atoms with van der Waals surface area (Å²) in [6.45, 7) is -0.0237. The van der Waals surface area contributed by atoms with Crippen LogP contribution in [-0.2, 0) is 24.4 Å². The molecule has 0 aromatic heterocycles. The van der Waals surface area contributed by atoms with Gasteiger partial charge in [0, 0.05) is 25.0 Å². The number of aliphatic carboxylic acids is 1. The smallest absolute Gasteiger partial charge is 0.305 e. The minimum absolute atomic E-state index is 0.0279. The summed E-state index contributed by atoms with van der Waals surface area (Å²) in [4.78, 5) is 40.1. The Bertz CT molecular complexity index is 1080. The maximum absolute atomic E-state index is 13.8. The third kappa shape index (κ3) is 6.31. The molecule has 2 saturated carbocycles. The van der Waals surface area contributed by atoms with Crippen LogP contribution in [0.25, 0.3) is 0 Å². The number of sulfonamides is 1. The Morgan fingerprint density at radius 2 is 1.54 bits per heavy atom. The van der Waals surface area contributed by atoms with E-state index >= 15 is 0 Å². The molecule has 2 atom stereocenters. The van der Waals surface area contributed by atoms with E-state index in [-0.39, 0.29) is 42.1 Å². The van der Waals surface area contributed by atoms with Gasteiger partial charge in [0.15, 0.2) is 6.17 Å². The number of carbonyl (C=O) groups is 3. The average molecular weight is 538 g/mol. The number of amides is 2. The lowest BCUT2D eigenvalue weighted by Gasteiger charge is -2.35. The van der Waals surface area contributed by atoms with Gasteiger partial charge in [0.2, 0.25) is 15.9 Å². The molecule has 1 saturated heterocycles. The zero-order chi connectivity index (χ0) is 26.6. The van der Waals surface area contributed by atoms with Crippen molar-refractivity contribution in [3.8, 4) is 0 Å². The lowest BCUT2D eigenvalue weighted by Crippen LogP contribution is -2.57. The summed E-state index contributed by atoms with van der Waals surface area (Å²) in [7, 11) is -4.23. The Balaban J connectivity index is 1.64. The molecule has 2 unspecified atom stereocenters. The SMILES string of the molecule is O=C(O)CC(NC(=O)C1N(C(=O)C2CCCCC2)CCN1S(=O)(=O)c1ccc(F)cc1)C1CCCCC1. The Hall–Kier alpha value is -2.53. The lowest BCUT2D eigenvalue weighted by molar-refractivity contribution is -0.145. The average Bonchev–Trinajstić information content (AvgIpc) is 3.35. The highest BCUT2D eigenvalue weighted by molar-refractivity contribution is 7.89. The summed E-state index contributed by atoms with van der Waals surface area (Å²) >= 11 is 0. The quantitative estimate of drug-likeness (QED) is 0.525. The van der Waals surface area contributed by atoms with Crippen LogP contribution < -0.4 is 5.32 Å². The number of hydrogen-bond donors (Lipinski definition) is 2. The minimum atomic E-state index is -4.23. The topological polar surface area (TPSA) is 124 Å². The van der Waals surface area contributed by atoms with Crippen molar-refractivity contribution in [1.29, 1.82) is 0 Å². The van der Waals surface area contributed by atoms with E-state index in [1.54, 1.807) is 0 Å². The molecule has 2 N–H and O–H groups in total. The van der Waals surface area contributed by atoms with E-state index in [1.807, 2.05) is 0 Å². The van der Waals surface area contributed by atoms with Crippen molar-refractivity contribution in [2.24, 2.45) is 11.8 Å². The van der Waals surface area contributed by atoms with Crippen LogP contribution in [0, 0.1) is 17.7 Å². The predicted octanol–water partition coefficient (Wildman–Crippen LogP) is 3.10. The largest absolute Gasteiger partial charge is 0.481 e. The number of halogens is 1. The molecule has 2 aliphatic carbocycles. The molecule has 37 heavy (non-hydrogen) atoms. The highest BCUT2D eigenvalue weighted by atomic mass is 32.2. The predicted molar refractivity (Wildman–Crippen MR) is 133 cm³/mol. The van der Waals surface area contributed by atoms with Crippen LogP contribution in [0.4, 0.5) is 4.39 Å². The number of nitrogens with one attached hydrogen (secondary N) is 1. The fourth-order valence-corrected chi connectivity index (χ4v) is 7.55. The van der Waals surface area contributed by atoms with Crippen LogP contribution >= 0.6 is 0 Å².